The zero-order valence-corrected chi connectivity index (χ0v) is 4.63. The van der Waals surface area contributed by atoms with Crippen LogP contribution in [0.3, 0.4) is 0 Å². The first kappa shape index (κ1) is 4.73. The van der Waals surface area contributed by atoms with E-state index in [2.05, 4.69) is 0 Å². The summed E-state index contributed by atoms with van der Waals surface area (Å²) < 4.78 is 12.0. The van der Waals surface area contributed by atoms with Gasteiger partial charge in [-0.05, 0) is 6.42 Å². The molecule has 48 valence electrons. The second-order valence-electron chi connectivity index (χ2n) is 1.94. The summed E-state index contributed by atoms with van der Waals surface area (Å²) in [5, 5.41) is 9.06. The molecule has 1 aliphatic heterocycles. The van der Waals surface area contributed by atoms with Crippen molar-refractivity contribution < 1.29 is 11.2 Å². The normalized spacial score (nSPS) is 50.8. The Hall–Kier alpha value is -0.120. The van der Waals surface area contributed by atoms with Crippen LogP contribution in [0.25, 0.3) is 0 Å². The molecule has 1 aliphatic rings. The Morgan fingerprint density at radius 1 is 1.88 bits per heavy atom. The number of hydrogen-bond acceptors (Lipinski definition) is 3. The van der Waals surface area contributed by atoms with Gasteiger partial charge in [0.05, 0.1) is 14.1 Å². The average Bonchev–Trinajstić information content (AvgIpc) is 1.77. The molecule has 0 bridgehead atoms. The van der Waals surface area contributed by atoms with Crippen LogP contribution in [0.5, 0.6) is 0 Å². The van der Waals surface area contributed by atoms with Crippen molar-refractivity contribution in [2.24, 2.45) is 5.73 Å². The Balaban J connectivity index is 2.49. The third kappa shape index (κ3) is 1.18. The molecule has 1 saturated heterocycles. The molecule has 3 heteroatoms. The summed E-state index contributed by atoms with van der Waals surface area (Å²) in [7, 11) is 0. The summed E-state index contributed by atoms with van der Waals surface area (Å²) >= 11 is 0. The quantitative estimate of drug-likeness (QED) is 0.433. The first-order valence-electron chi connectivity index (χ1n) is 3.18. The molecule has 1 heterocycles. The number of ether oxygens (including phenoxy) is 1. The van der Waals surface area contributed by atoms with Crippen molar-refractivity contribution >= 4 is 0 Å². The maximum absolute atomic E-state index is 9.06. The SMILES string of the molecule is [2H][C@@]1(O)COCC[C@H]1N. The lowest BCUT2D eigenvalue weighted by atomic mass is 10.1. The zero-order chi connectivity index (χ0) is 6.91. The summed E-state index contributed by atoms with van der Waals surface area (Å²) in [4.78, 5) is 0. The topological polar surface area (TPSA) is 55.5 Å². The highest BCUT2D eigenvalue weighted by Crippen LogP contribution is 2.03. The van der Waals surface area contributed by atoms with Crippen molar-refractivity contribution in [3.05, 3.63) is 0 Å². The van der Waals surface area contributed by atoms with Crippen molar-refractivity contribution in [2.75, 3.05) is 13.2 Å². The highest BCUT2D eigenvalue weighted by atomic mass is 16.5. The van der Waals surface area contributed by atoms with Gasteiger partial charge in [-0.3, -0.25) is 0 Å². The van der Waals surface area contributed by atoms with Crippen LogP contribution in [0, 0.1) is 0 Å². The molecule has 0 spiro atoms. The van der Waals surface area contributed by atoms with Gasteiger partial charge in [-0.25, -0.2) is 0 Å². The van der Waals surface area contributed by atoms with Gasteiger partial charge in [0, 0.05) is 12.6 Å². The predicted molar refractivity (Wildman–Crippen MR) is 29.4 cm³/mol. The molecular weight excluding hydrogens is 106 g/mol. The van der Waals surface area contributed by atoms with E-state index in [1.165, 1.54) is 0 Å². The molecule has 3 nitrogen and oxygen atoms in total. The monoisotopic (exact) mass is 118 g/mol. The van der Waals surface area contributed by atoms with E-state index >= 15 is 0 Å². The molecule has 0 aliphatic carbocycles. The highest BCUT2D eigenvalue weighted by molar-refractivity contribution is 4.74. The molecule has 3 N–H and O–H groups in total. The number of nitrogens with two attached hydrogens (primary N) is 1. The van der Waals surface area contributed by atoms with E-state index in [-0.39, 0.29) is 6.61 Å². The van der Waals surface area contributed by atoms with E-state index in [1.54, 1.807) is 0 Å². The van der Waals surface area contributed by atoms with Crippen molar-refractivity contribution in [2.45, 2.75) is 18.5 Å². The van der Waals surface area contributed by atoms with Gasteiger partial charge in [-0.15, -0.1) is 0 Å². The molecule has 0 aromatic carbocycles. The van der Waals surface area contributed by atoms with Crippen molar-refractivity contribution in [3.63, 3.8) is 0 Å². The molecule has 1 fully saturated rings. The van der Waals surface area contributed by atoms with E-state index in [4.69, 9.17) is 16.9 Å². The molecule has 0 aromatic heterocycles. The second-order valence-corrected chi connectivity index (χ2v) is 1.94. The van der Waals surface area contributed by atoms with Gasteiger partial charge < -0.3 is 15.6 Å². The first-order valence-corrected chi connectivity index (χ1v) is 2.68. The van der Waals surface area contributed by atoms with Crippen LogP contribution in [0.1, 0.15) is 7.79 Å². The fourth-order valence-corrected chi connectivity index (χ4v) is 0.661. The predicted octanol–water partition coefficient (Wildman–Crippen LogP) is -0.905. The van der Waals surface area contributed by atoms with Crippen LogP contribution in [0.2, 0.25) is 0 Å². The van der Waals surface area contributed by atoms with Gasteiger partial charge in [0.15, 0.2) is 0 Å². The molecule has 2 atom stereocenters. The maximum atomic E-state index is 9.06. The van der Waals surface area contributed by atoms with Gasteiger partial charge in [0.1, 0.15) is 0 Å². The lowest BCUT2D eigenvalue weighted by Gasteiger charge is -2.23. The first-order chi connectivity index (χ1) is 4.13. The Kier molecular flexibility index (Phi) is 1.44. The van der Waals surface area contributed by atoms with Gasteiger partial charge in [-0.1, -0.05) is 0 Å². The van der Waals surface area contributed by atoms with E-state index in [0.29, 0.717) is 13.0 Å². The lowest BCUT2D eigenvalue weighted by Crippen LogP contribution is -2.42. The van der Waals surface area contributed by atoms with Crippen molar-refractivity contribution in [3.8, 4) is 0 Å². The molecule has 0 unspecified atom stereocenters. The third-order valence-corrected chi connectivity index (χ3v) is 1.25. The molecule has 0 saturated carbocycles. The van der Waals surface area contributed by atoms with Crippen LogP contribution in [0.4, 0.5) is 0 Å². The third-order valence-electron chi connectivity index (χ3n) is 1.25. The van der Waals surface area contributed by atoms with Crippen LogP contribution in [0.15, 0.2) is 0 Å². The van der Waals surface area contributed by atoms with E-state index < -0.39 is 12.1 Å². The molecule has 0 aromatic rings. The van der Waals surface area contributed by atoms with Gasteiger partial charge in [0.25, 0.3) is 0 Å². The molecule has 0 radical (unpaired) electrons. The summed E-state index contributed by atoms with van der Waals surface area (Å²) in [5.74, 6) is 0. The smallest absolute Gasteiger partial charge is 0.0924 e. The molecular formula is C5H11NO2. The minimum absolute atomic E-state index is 0.0359. The van der Waals surface area contributed by atoms with Gasteiger partial charge in [-0.2, -0.15) is 0 Å². The highest BCUT2D eigenvalue weighted by Gasteiger charge is 2.18. The standard InChI is InChI=1S/C5H11NO2/c6-4-1-2-8-3-5(4)7/h4-5,7H,1-3,6H2/t4-,5-/m1/s1/i5D. The van der Waals surface area contributed by atoms with Gasteiger partial charge >= 0.3 is 0 Å². The lowest BCUT2D eigenvalue weighted by molar-refractivity contribution is -0.0182. The van der Waals surface area contributed by atoms with Crippen molar-refractivity contribution in [1.82, 2.24) is 0 Å². The fourth-order valence-electron chi connectivity index (χ4n) is 0.661. The molecule has 8 heavy (non-hydrogen) atoms. The Labute approximate surface area is 49.8 Å². The molecule has 1 rings (SSSR count). The van der Waals surface area contributed by atoms with Crippen LogP contribution in [-0.2, 0) is 4.74 Å². The van der Waals surface area contributed by atoms with E-state index in [1.807, 2.05) is 0 Å². The second kappa shape index (κ2) is 2.44. The van der Waals surface area contributed by atoms with Crippen molar-refractivity contribution in [1.29, 1.82) is 0 Å². The Morgan fingerprint density at radius 2 is 2.62 bits per heavy atom. The summed E-state index contributed by atoms with van der Waals surface area (Å²) in [6, 6.07) is -0.453. The minimum Gasteiger partial charge on any atom is -0.389 e. The van der Waals surface area contributed by atoms with Crippen LogP contribution in [-0.4, -0.2) is 30.4 Å². The Bertz CT molecular complexity index is 107. The molecule has 0 amide bonds. The summed E-state index contributed by atoms with van der Waals surface area (Å²) in [5.41, 5.74) is 5.40. The number of hydrogen-bond donors (Lipinski definition) is 2. The van der Waals surface area contributed by atoms with E-state index in [0.717, 1.165) is 0 Å². The van der Waals surface area contributed by atoms with Gasteiger partial charge in [0.2, 0.25) is 0 Å². The van der Waals surface area contributed by atoms with Crippen LogP contribution >= 0.6 is 0 Å². The summed E-state index contributed by atoms with van der Waals surface area (Å²) in [6.45, 7) is 0.594. The minimum atomic E-state index is -1.56. The number of aliphatic hydroxyl groups is 1. The summed E-state index contributed by atoms with van der Waals surface area (Å²) in [6.07, 6.45) is -0.988. The zero-order valence-electron chi connectivity index (χ0n) is 5.63. The average molecular weight is 118 g/mol. The van der Waals surface area contributed by atoms with Crippen LogP contribution < -0.4 is 5.73 Å². The maximum Gasteiger partial charge on any atom is 0.0924 e. The fraction of sp³-hybridized carbons (Fsp3) is 1.00. The Morgan fingerprint density at radius 3 is 3.00 bits per heavy atom. The number of rotatable bonds is 0. The van der Waals surface area contributed by atoms with E-state index in [9.17, 15) is 0 Å². The largest absolute Gasteiger partial charge is 0.389 e.